The summed E-state index contributed by atoms with van der Waals surface area (Å²) in [6.45, 7) is 7.46. The van der Waals surface area contributed by atoms with Gasteiger partial charge in [-0.2, -0.15) is 5.10 Å². The number of aryl methyl sites for hydroxylation is 1. The summed E-state index contributed by atoms with van der Waals surface area (Å²) >= 11 is 0. The van der Waals surface area contributed by atoms with E-state index in [1.807, 2.05) is 24.0 Å². The number of aromatic nitrogens is 6. The lowest BCUT2D eigenvalue weighted by Gasteiger charge is -2.42. The van der Waals surface area contributed by atoms with E-state index in [1.54, 1.807) is 28.9 Å². The Kier molecular flexibility index (Phi) is 6.37. The fraction of sp³-hybridized carbons (Fsp3) is 0.267. The van der Waals surface area contributed by atoms with Crippen LogP contribution in [0.5, 0.6) is 11.5 Å². The Bertz CT molecular complexity index is 1840. The number of nitrogens with zero attached hydrogens (tertiary/aromatic N) is 8. The zero-order valence-electron chi connectivity index (χ0n) is 22.9. The van der Waals surface area contributed by atoms with Gasteiger partial charge in [0.15, 0.2) is 11.5 Å². The maximum absolute atomic E-state index is 15.4. The van der Waals surface area contributed by atoms with Crippen LogP contribution in [0.1, 0.15) is 18.4 Å². The molecule has 0 spiro atoms. The number of carbonyl (C=O) groups excluding carboxylic acids is 1. The van der Waals surface area contributed by atoms with Crippen molar-refractivity contribution >= 4 is 39.9 Å². The van der Waals surface area contributed by atoms with Gasteiger partial charge < -0.3 is 19.9 Å². The van der Waals surface area contributed by atoms with Crippen LogP contribution in [0.15, 0.2) is 67.9 Å². The maximum atomic E-state index is 15.4. The quantitative estimate of drug-likeness (QED) is 0.281. The van der Waals surface area contributed by atoms with Crippen LogP contribution in [0, 0.1) is 18.7 Å². The number of piperazine rings is 1. The van der Waals surface area contributed by atoms with Crippen molar-refractivity contribution in [3.05, 3.63) is 79.3 Å². The first kappa shape index (κ1) is 25.8. The first-order chi connectivity index (χ1) is 20.5. The molecule has 11 nitrogen and oxygen atoms in total. The van der Waals surface area contributed by atoms with E-state index < -0.39 is 5.82 Å². The maximum Gasteiger partial charge on any atom is 0.246 e. The number of halogens is 1. The molecule has 4 aromatic heterocycles. The number of rotatable bonds is 7. The van der Waals surface area contributed by atoms with Crippen molar-refractivity contribution in [2.45, 2.75) is 25.8 Å². The van der Waals surface area contributed by atoms with Crippen molar-refractivity contribution in [2.24, 2.45) is 5.92 Å². The van der Waals surface area contributed by atoms with E-state index in [2.05, 4.69) is 36.8 Å². The molecule has 0 bridgehead atoms. The van der Waals surface area contributed by atoms with Gasteiger partial charge in [-0.3, -0.25) is 4.79 Å². The zero-order valence-corrected chi connectivity index (χ0v) is 22.9. The lowest BCUT2D eigenvalue weighted by molar-refractivity contribution is -0.129. The number of hydrogen-bond donors (Lipinski definition) is 1. The normalized spacial score (nSPS) is 17.0. The Hall–Kier alpha value is -5.13. The molecule has 2 fully saturated rings. The highest BCUT2D eigenvalue weighted by molar-refractivity contribution is 5.89. The second-order valence-electron chi connectivity index (χ2n) is 10.6. The fourth-order valence-electron chi connectivity index (χ4n) is 5.47. The van der Waals surface area contributed by atoms with Gasteiger partial charge in [0.2, 0.25) is 5.91 Å². The fourth-order valence-corrected chi connectivity index (χ4v) is 5.47. The molecule has 1 saturated heterocycles. The van der Waals surface area contributed by atoms with Gasteiger partial charge in [-0.05, 0) is 61.6 Å². The zero-order chi connectivity index (χ0) is 28.8. The summed E-state index contributed by atoms with van der Waals surface area (Å²) in [5.74, 6) is 2.04. The smallest absolute Gasteiger partial charge is 0.246 e. The van der Waals surface area contributed by atoms with Crippen molar-refractivity contribution in [3.8, 4) is 11.5 Å². The van der Waals surface area contributed by atoms with Crippen molar-refractivity contribution in [1.29, 1.82) is 0 Å². The van der Waals surface area contributed by atoms with Crippen LogP contribution in [0.3, 0.4) is 0 Å². The first-order valence-electron chi connectivity index (χ1n) is 13.8. The van der Waals surface area contributed by atoms with E-state index in [-0.39, 0.29) is 17.6 Å². The number of anilines is 3. The summed E-state index contributed by atoms with van der Waals surface area (Å²) in [6.07, 6.45) is 8.25. The lowest BCUT2D eigenvalue weighted by atomic mass is 10.1. The van der Waals surface area contributed by atoms with Crippen molar-refractivity contribution in [1.82, 2.24) is 34.4 Å². The number of carbonyl (C=O) groups is 1. The average Bonchev–Trinajstić information content (AvgIpc) is 3.76. The lowest BCUT2D eigenvalue weighted by Crippen LogP contribution is -2.56. The molecular formula is C30H28FN9O2. The van der Waals surface area contributed by atoms with E-state index in [0.29, 0.717) is 59.5 Å². The number of pyridine rings is 2. The average molecular weight is 566 g/mol. The van der Waals surface area contributed by atoms with E-state index >= 15 is 4.39 Å². The van der Waals surface area contributed by atoms with Crippen LogP contribution in [0.4, 0.5) is 21.7 Å². The van der Waals surface area contributed by atoms with Crippen molar-refractivity contribution in [2.75, 3.05) is 29.9 Å². The van der Waals surface area contributed by atoms with Crippen LogP contribution in [0.25, 0.3) is 16.7 Å². The minimum Gasteiger partial charge on any atom is -0.457 e. The molecular weight excluding hydrogens is 537 g/mol. The number of nitrogens with one attached hydrogen (secondary N) is 1. The van der Waals surface area contributed by atoms with E-state index in [1.165, 1.54) is 24.8 Å². The minimum absolute atomic E-state index is 0.0250. The molecule has 0 radical (unpaired) electrons. The monoisotopic (exact) mass is 565 g/mol. The predicted molar refractivity (Wildman–Crippen MR) is 155 cm³/mol. The summed E-state index contributed by atoms with van der Waals surface area (Å²) in [5.41, 5.74) is 2.76. The third kappa shape index (κ3) is 4.84. The Labute approximate surface area is 240 Å². The second-order valence-corrected chi connectivity index (χ2v) is 10.6. The van der Waals surface area contributed by atoms with E-state index in [4.69, 9.17) is 9.72 Å². The molecule has 5 aromatic rings. The third-order valence-electron chi connectivity index (χ3n) is 7.83. The van der Waals surface area contributed by atoms with E-state index in [0.717, 1.165) is 24.2 Å². The van der Waals surface area contributed by atoms with E-state index in [9.17, 15) is 4.79 Å². The van der Waals surface area contributed by atoms with Crippen molar-refractivity contribution in [3.63, 3.8) is 0 Å². The Morgan fingerprint density at radius 3 is 2.83 bits per heavy atom. The number of amides is 1. The Morgan fingerprint density at radius 2 is 2.00 bits per heavy atom. The summed E-state index contributed by atoms with van der Waals surface area (Å²) in [6, 6.07) is 10.4. The molecule has 12 heteroatoms. The number of benzene rings is 1. The topological polar surface area (TPSA) is 114 Å². The van der Waals surface area contributed by atoms with Gasteiger partial charge in [0.25, 0.3) is 0 Å². The highest BCUT2D eigenvalue weighted by Gasteiger charge is 2.40. The van der Waals surface area contributed by atoms with Crippen LogP contribution < -0.4 is 15.0 Å². The highest BCUT2D eigenvalue weighted by atomic mass is 19.1. The largest absolute Gasteiger partial charge is 0.457 e. The molecule has 1 atom stereocenters. The Morgan fingerprint density at radius 1 is 1.12 bits per heavy atom. The predicted octanol–water partition coefficient (Wildman–Crippen LogP) is 4.66. The van der Waals surface area contributed by atoms with Gasteiger partial charge in [0.1, 0.15) is 41.3 Å². The molecule has 0 unspecified atom stereocenters. The molecule has 2 aliphatic rings. The van der Waals surface area contributed by atoms with Gasteiger partial charge in [0.05, 0.1) is 17.2 Å². The number of ether oxygens (including phenoxy) is 1. The summed E-state index contributed by atoms with van der Waals surface area (Å²) in [5, 5.41) is 7.19. The third-order valence-corrected chi connectivity index (χ3v) is 7.83. The van der Waals surface area contributed by atoms with Crippen LogP contribution in [0.2, 0.25) is 0 Å². The SMILES string of the molecule is C=CC(=O)N1CCN(c2ccc3ncnc(Nc4cc(C)c(Oc5ccn6ncnc6c5)cc4F)c3n2)C[C@@H]1C1CC1. The van der Waals surface area contributed by atoms with Gasteiger partial charge >= 0.3 is 0 Å². The molecule has 1 aliphatic carbocycles. The molecule has 1 N–H and O–H groups in total. The highest BCUT2D eigenvalue weighted by Crippen LogP contribution is 2.38. The van der Waals surface area contributed by atoms with Gasteiger partial charge in [0, 0.05) is 38.0 Å². The molecule has 1 amide bonds. The molecule has 1 saturated carbocycles. The molecule has 212 valence electrons. The van der Waals surface area contributed by atoms with Gasteiger partial charge in [-0.1, -0.05) is 6.58 Å². The van der Waals surface area contributed by atoms with Crippen LogP contribution in [-0.2, 0) is 4.79 Å². The molecule has 42 heavy (non-hydrogen) atoms. The molecule has 5 heterocycles. The second kappa shape index (κ2) is 10.4. The molecule has 7 rings (SSSR count). The summed E-state index contributed by atoms with van der Waals surface area (Å²) < 4.78 is 22.9. The van der Waals surface area contributed by atoms with Gasteiger partial charge in [-0.15, -0.1) is 0 Å². The summed E-state index contributed by atoms with van der Waals surface area (Å²) in [4.78, 5) is 34.4. The standard InChI is InChI=1S/C30H28FN9O2/c1-3-28(41)39-11-10-38(15-24(39)19-4-5-19)26-7-6-22-29(37-26)30(34-16-32-22)36-23-12-18(2)25(14-21(23)31)42-20-8-9-40-27(13-20)33-17-35-40/h3,6-9,12-14,16-17,19,24H,1,4-5,10-11,15H2,2H3,(H,32,34,36)/t24-/m1/s1. The summed E-state index contributed by atoms with van der Waals surface area (Å²) in [7, 11) is 0. The number of hydrogen-bond acceptors (Lipinski definition) is 9. The van der Waals surface area contributed by atoms with Crippen LogP contribution in [-0.4, -0.2) is 66.0 Å². The number of fused-ring (bicyclic) bond motifs is 2. The molecule has 1 aliphatic heterocycles. The van der Waals surface area contributed by atoms with Gasteiger partial charge in [-0.25, -0.2) is 28.8 Å². The molecule has 1 aromatic carbocycles. The van der Waals surface area contributed by atoms with Crippen molar-refractivity contribution < 1.29 is 13.9 Å². The Balaban J connectivity index is 1.14. The minimum atomic E-state index is -0.502. The van der Waals surface area contributed by atoms with Crippen LogP contribution >= 0.6 is 0 Å². The first-order valence-corrected chi connectivity index (χ1v) is 13.8.